The van der Waals surface area contributed by atoms with Crippen molar-refractivity contribution in [3.63, 3.8) is 0 Å². The minimum Gasteiger partial charge on any atom is -0.368 e. The molecule has 1 aromatic heterocycles. The molecular weight excluding hydrogens is 294 g/mol. The largest absolute Gasteiger partial charge is 0.368 e. The molecule has 1 aromatic carbocycles. The van der Waals surface area contributed by atoms with Gasteiger partial charge in [0.15, 0.2) is 0 Å². The number of aromatic nitrogens is 3. The maximum Gasteiger partial charge on any atom is 0.251 e. The van der Waals surface area contributed by atoms with E-state index >= 15 is 0 Å². The van der Waals surface area contributed by atoms with Gasteiger partial charge in [-0.2, -0.15) is 9.67 Å². The van der Waals surface area contributed by atoms with Crippen LogP contribution in [0.5, 0.6) is 0 Å². The highest BCUT2D eigenvalue weighted by Gasteiger charge is 2.12. The summed E-state index contributed by atoms with van der Waals surface area (Å²) >= 11 is 0. The lowest BCUT2D eigenvalue weighted by Gasteiger charge is -2.14. The molecule has 0 aliphatic carbocycles. The highest BCUT2D eigenvalue weighted by Crippen LogP contribution is 2.13. The van der Waals surface area contributed by atoms with Crippen molar-refractivity contribution in [3.8, 4) is 5.69 Å². The predicted molar refractivity (Wildman–Crippen MR) is 88.2 cm³/mol. The number of anilines is 2. The van der Waals surface area contributed by atoms with E-state index in [9.17, 15) is 4.79 Å². The van der Waals surface area contributed by atoms with Crippen LogP contribution in [-0.4, -0.2) is 51.8 Å². The molecule has 8 nitrogen and oxygen atoms in total. The number of nitrogens with one attached hydrogen (secondary N) is 1. The number of nitrogens with zero attached hydrogens (tertiary/aromatic N) is 4. The Morgan fingerprint density at radius 2 is 1.87 bits per heavy atom. The molecule has 1 amide bonds. The van der Waals surface area contributed by atoms with Gasteiger partial charge < -0.3 is 21.7 Å². The first kappa shape index (κ1) is 15.3. The Morgan fingerprint density at radius 1 is 1.17 bits per heavy atom. The molecule has 1 aliphatic rings. The number of rotatable bonds is 5. The highest BCUT2D eigenvalue weighted by molar-refractivity contribution is 5.94. The van der Waals surface area contributed by atoms with E-state index in [2.05, 4.69) is 20.3 Å². The Kier molecular flexibility index (Phi) is 4.42. The summed E-state index contributed by atoms with van der Waals surface area (Å²) in [4.78, 5) is 18.3. The third-order valence-electron chi connectivity index (χ3n) is 3.93. The van der Waals surface area contributed by atoms with Crippen LogP contribution in [0, 0.1) is 0 Å². The van der Waals surface area contributed by atoms with Gasteiger partial charge >= 0.3 is 0 Å². The van der Waals surface area contributed by atoms with Gasteiger partial charge in [-0.15, -0.1) is 5.10 Å². The van der Waals surface area contributed by atoms with Crippen molar-refractivity contribution in [2.24, 2.45) is 0 Å². The molecule has 2 heterocycles. The van der Waals surface area contributed by atoms with Crippen LogP contribution in [-0.2, 0) is 0 Å². The fourth-order valence-electron chi connectivity index (χ4n) is 2.72. The monoisotopic (exact) mass is 315 g/mol. The van der Waals surface area contributed by atoms with Crippen LogP contribution in [0.25, 0.3) is 5.69 Å². The van der Waals surface area contributed by atoms with Crippen molar-refractivity contribution < 1.29 is 4.79 Å². The lowest BCUT2D eigenvalue weighted by atomic mass is 10.2. The minimum absolute atomic E-state index is 0.0816. The number of hydrogen-bond donors (Lipinski definition) is 3. The second-order valence-corrected chi connectivity index (χ2v) is 5.59. The Balaban J connectivity index is 1.58. The van der Waals surface area contributed by atoms with Crippen LogP contribution >= 0.6 is 0 Å². The van der Waals surface area contributed by atoms with Crippen LogP contribution in [0.15, 0.2) is 24.3 Å². The molecule has 2 aromatic rings. The Morgan fingerprint density at radius 3 is 2.48 bits per heavy atom. The van der Waals surface area contributed by atoms with E-state index in [1.807, 2.05) is 0 Å². The summed E-state index contributed by atoms with van der Waals surface area (Å²) in [6.45, 7) is 3.83. The average Bonchev–Trinajstić information content (AvgIpc) is 3.17. The normalized spacial score (nSPS) is 15.0. The molecule has 0 saturated carbocycles. The number of benzene rings is 1. The first-order valence-corrected chi connectivity index (χ1v) is 7.72. The summed E-state index contributed by atoms with van der Waals surface area (Å²) in [6, 6.07) is 7.00. The van der Waals surface area contributed by atoms with Crippen LogP contribution in [0.2, 0.25) is 0 Å². The van der Waals surface area contributed by atoms with E-state index in [0.29, 0.717) is 17.8 Å². The number of hydrogen-bond acceptors (Lipinski definition) is 6. The average molecular weight is 315 g/mol. The quantitative estimate of drug-likeness (QED) is 0.729. The van der Waals surface area contributed by atoms with E-state index in [-0.39, 0.29) is 17.8 Å². The van der Waals surface area contributed by atoms with Gasteiger partial charge in [-0.25, -0.2) is 0 Å². The molecule has 1 saturated heterocycles. The van der Waals surface area contributed by atoms with E-state index < -0.39 is 0 Å². The molecule has 23 heavy (non-hydrogen) atoms. The molecule has 0 bridgehead atoms. The Labute approximate surface area is 134 Å². The summed E-state index contributed by atoms with van der Waals surface area (Å²) < 4.78 is 1.43. The van der Waals surface area contributed by atoms with E-state index in [0.717, 1.165) is 19.6 Å². The number of carbonyl (C=O) groups is 1. The zero-order chi connectivity index (χ0) is 16.2. The lowest BCUT2D eigenvalue weighted by Crippen LogP contribution is -2.33. The van der Waals surface area contributed by atoms with Crippen LogP contribution in [0.1, 0.15) is 23.2 Å². The summed E-state index contributed by atoms with van der Waals surface area (Å²) in [6.07, 6.45) is 2.51. The van der Waals surface area contributed by atoms with Crippen molar-refractivity contribution in [2.75, 3.05) is 37.6 Å². The molecule has 3 rings (SSSR count). The van der Waals surface area contributed by atoms with Crippen molar-refractivity contribution in [1.82, 2.24) is 25.0 Å². The zero-order valence-corrected chi connectivity index (χ0v) is 12.9. The van der Waals surface area contributed by atoms with Gasteiger partial charge in [0.2, 0.25) is 11.9 Å². The minimum atomic E-state index is -0.0816. The van der Waals surface area contributed by atoms with E-state index in [1.54, 1.807) is 24.3 Å². The van der Waals surface area contributed by atoms with E-state index in [4.69, 9.17) is 11.5 Å². The highest BCUT2D eigenvalue weighted by atomic mass is 16.1. The number of carbonyl (C=O) groups excluding carboxylic acids is 1. The number of nitrogen functional groups attached to an aromatic ring is 2. The maximum absolute atomic E-state index is 12.1. The topological polar surface area (TPSA) is 115 Å². The second-order valence-electron chi connectivity index (χ2n) is 5.59. The summed E-state index contributed by atoms with van der Waals surface area (Å²) in [7, 11) is 0. The smallest absolute Gasteiger partial charge is 0.251 e. The zero-order valence-electron chi connectivity index (χ0n) is 12.9. The molecule has 5 N–H and O–H groups in total. The van der Waals surface area contributed by atoms with Gasteiger partial charge in [0, 0.05) is 18.7 Å². The van der Waals surface area contributed by atoms with Crippen molar-refractivity contribution in [3.05, 3.63) is 29.8 Å². The number of likely N-dealkylation sites (tertiary alicyclic amines) is 1. The van der Waals surface area contributed by atoms with Crippen LogP contribution < -0.4 is 16.8 Å². The third kappa shape index (κ3) is 3.59. The van der Waals surface area contributed by atoms with E-state index in [1.165, 1.54) is 17.5 Å². The summed E-state index contributed by atoms with van der Waals surface area (Å²) in [5.41, 5.74) is 12.5. The fourth-order valence-corrected chi connectivity index (χ4v) is 2.72. The SMILES string of the molecule is Nc1nc(N)n(-c2ccc(C(=O)NCCN3CCCC3)cc2)n1. The fraction of sp³-hybridized carbons (Fsp3) is 0.400. The van der Waals surface area contributed by atoms with Gasteiger partial charge in [0.05, 0.1) is 5.69 Å². The Hall–Kier alpha value is -2.61. The van der Waals surface area contributed by atoms with Crippen LogP contribution in [0.3, 0.4) is 0 Å². The lowest BCUT2D eigenvalue weighted by molar-refractivity contribution is 0.0950. The molecule has 0 spiro atoms. The predicted octanol–water partition coefficient (Wildman–Crippen LogP) is 0.257. The first-order chi connectivity index (χ1) is 11.1. The summed E-state index contributed by atoms with van der Waals surface area (Å²) in [5, 5.41) is 6.94. The van der Waals surface area contributed by atoms with Gasteiger partial charge in [-0.05, 0) is 50.2 Å². The molecule has 0 unspecified atom stereocenters. The standard InChI is InChI=1S/C15H21N7O/c16-14-19-15(17)22(20-14)12-5-3-11(4-6-12)13(23)18-7-10-21-8-1-2-9-21/h3-6H,1-2,7-10H2,(H,18,23)(H4,16,17,19,20). The van der Waals surface area contributed by atoms with Crippen molar-refractivity contribution >= 4 is 17.8 Å². The van der Waals surface area contributed by atoms with Gasteiger partial charge in [-0.1, -0.05) is 0 Å². The second kappa shape index (κ2) is 6.66. The summed E-state index contributed by atoms with van der Waals surface area (Å²) in [5.74, 6) is 0.248. The molecule has 122 valence electrons. The third-order valence-corrected chi connectivity index (χ3v) is 3.93. The van der Waals surface area contributed by atoms with Crippen molar-refractivity contribution in [2.45, 2.75) is 12.8 Å². The Bertz CT molecular complexity index is 674. The molecule has 8 heteroatoms. The van der Waals surface area contributed by atoms with Gasteiger partial charge in [0.25, 0.3) is 5.91 Å². The first-order valence-electron chi connectivity index (χ1n) is 7.72. The number of nitrogens with two attached hydrogens (primary N) is 2. The van der Waals surface area contributed by atoms with Crippen molar-refractivity contribution in [1.29, 1.82) is 0 Å². The van der Waals surface area contributed by atoms with Crippen LogP contribution in [0.4, 0.5) is 11.9 Å². The van der Waals surface area contributed by atoms with Gasteiger partial charge in [-0.3, -0.25) is 4.79 Å². The maximum atomic E-state index is 12.1. The molecule has 1 fully saturated rings. The molecule has 0 atom stereocenters. The van der Waals surface area contributed by atoms with Gasteiger partial charge in [0.1, 0.15) is 0 Å². The molecule has 1 aliphatic heterocycles. The molecule has 0 radical (unpaired) electrons. The molecular formula is C15H21N7O. The number of amides is 1.